The van der Waals surface area contributed by atoms with Crippen LogP contribution in [0.1, 0.15) is 64.9 Å². The molecule has 2 aromatic rings. The lowest BCUT2D eigenvalue weighted by molar-refractivity contribution is 0.0588. The minimum absolute atomic E-state index is 0.156. The molecule has 0 aliphatic rings. The van der Waals surface area contributed by atoms with E-state index in [1.54, 1.807) is 56.7 Å². The van der Waals surface area contributed by atoms with E-state index >= 15 is 0 Å². The van der Waals surface area contributed by atoms with Crippen molar-refractivity contribution >= 4 is 21.8 Å². The molecule has 0 aliphatic carbocycles. The fourth-order valence-electron chi connectivity index (χ4n) is 3.82. The Morgan fingerprint density at radius 1 is 1.06 bits per heavy atom. The van der Waals surface area contributed by atoms with Crippen molar-refractivity contribution in [3.63, 3.8) is 0 Å². The normalized spacial score (nSPS) is 12.9. The number of aromatic nitrogens is 1. The van der Waals surface area contributed by atoms with Crippen molar-refractivity contribution in [1.82, 2.24) is 8.87 Å². The maximum absolute atomic E-state index is 13.6. The van der Waals surface area contributed by atoms with Gasteiger partial charge in [-0.2, -0.15) is 4.31 Å². The van der Waals surface area contributed by atoms with Crippen LogP contribution in [0.2, 0.25) is 0 Å². The van der Waals surface area contributed by atoms with Crippen LogP contribution in [0, 0.1) is 26.7 Å². The van der Waals surface area contributed by atoms with E-state index in [0.717, 1.165) is 5.56 Å². The zero-order valence-corrected chi connectivity index (χ0v) is 21.0. The van der Waals surface area contributed by atoms with Crippen LogP contribution in [-0.2, 0) is 21.8 Å². The highest BCUT2D eigenvalue weighted by atomic mass is 32.2. The molecule has 32 heavy (non-hydrogen) atoms. The van der Waals surface area contributed by atoms with Gasteiger partial charge in [-0.3, -0.25) is 4.79 Å². The van der Waals surface area contributed by atoms with Crippen molar-refractivity contribution in [3.8, 4) is 0 Å². The van der Waals surface area contributed by atoms with Crippen LogP contribution < -0.4 is 0 Å². The third-order valence-electron chi connectivity index (χ3n) is 5.92. The van der Waals surface area contributed by atoms with Gasteiger partial charge in [-0.1, -0.05) is 31.5 Å². The van der Waals surface area contributed by atoms with E-state index in [9.17, 15) is 18.0 Å². The fraction of sp³-hybridized carbons (Fsp3) is 0.500. The topological polar surface area (TPSA) is 85.7 Å². The van der Waals surface area contributed by atoms with E-state index in [2.05, 4.69) is 0 Å². The van der Waals surface area contributed by atoms with Crippen molar-refractivity contribution in [2.24, 2.45) is 13.0 Å². The summed E-state index contributed by atoms with van der Waals surface area (Å²) in [7, 11) is -0.924. The van der Waals surface area contributed by atoms with Crippen molar-refractivity contribution in [2.45, 2.75) is 58.9 Å². The van der Waals surface area contributed by atoms with E-state index in [0.29, 0.717) is 23.2 Å². The number of ether oxygens (including phenoxy) is 1. The Kier molecular flexibility index (Phi) is 8.07. The Morgan fingerprint density at radius 3 is 2.12 bits per heavy atom. The van der Waals surface area contributed by atoms with Gasteiger partial charge in [0.15, 0.2) is 5.78 Å². The molecule has 0 aliphatic heterocycles. The Labute approximate surface area is 191 Å². The van der Waals surface area contributed by atoms with Gasteiger partial charge in [0.05, 0.1) is 18.0 Å². The number of carbonyl (C=O) groups is 2. The number of rotatable bonds is 9. The van der Waals surface area contributed by atoms with Crippen molar-refractivity contribution < 1.29 is 22.7 Å². The van der Waals surface area contributed by atoms with Crippen LogP contribution in [-0.4, -0.2) is 48.7 Å². The Morgan fingerprint density at radius 2 is 1.62 bits per heavy atom. The number of carbonyl (C=O) groups excluding carboxylic acids is 2. The Hall–Kier alpha value is -2.45. The number of esters is 1. The maximum atomic E-state index is 13.6. The summed E-state index contributed by atoms with van der Waals surface area (Å²) in [6.07, 6.45) is 0.614. The molecule has 0 spiro atoms. The van der Waals surface area contributed by atoms with Gasteiger partial charge in [-0.25, -0.2) is 13.2 Å². The first-order valence-corrected chi connectivity index (χ1v) is 12.1. The van der Waals surface area contributed by atoms with Gasteiger partial charge >= 0.3 is 5.97 Å². The first-order chi connectivity index (χ1) is 14.8. The number of aryl methyl sites for hydroxylation is 1. The number of methoxy groups -OCH3 is 1. The first kappa shape index (κ1) is 25.8. The van der Waals surface area contributed by atoms with Crippen LogP contribution in [0.3, 0.4) is 0 Å². The molecule has 0 amide bonds. The second kappa shape index (κ2) is 10.0. The molecule has 2 rings (SSSR count). The van der Waals surface area contributed by atoms with Gasteiger partial charge in [0.2, 0.25) is 10.0 Å². The van der Waals surface area contributed by atoms with E-state index in [4.69, 9.17) is 4.74 Å². The minimum Gasteiger partial charge on any atom is -0.464 e. The highest BCUT2D eigenvalue weighted by molar-refractivity contribution is 7.89. The van der Waals surface area contributed by atoms with Crippen molar-refractivity contribution in [2.75, 3.05) is 13.7 Å². The highest BCUT2D eigenvalue weighted by Gasteiger charge is 2.36. The number of nitrogens with zero attached hydrogens (tertiary/aromatic N) is 2. The number of hydrogen-bond donors (Lipinski definition) is 0. The maximum Gasteiger partial charge on any atom is 0.354 e. The summed E-state index contributed by atoms with van der Waals surface area (Å²) in [4.78, 5) is 26.0. The lowest BCUT2D eigenvalue weighted by atomic mass is 10.0. The molecular weight excluding hydrogens is 428 g/mol. The molecule has 0 fully saturated rings. The third kappa shape index (κ3) is 4.96. The monoisotopic (exact) mass is 462 g/mol. The van der Waals surface area contributed by atoms with Crippen molar-refractivity contribution in [3.05, 3.63) is 52.3 Å². The summed E-state index contributed by atoms with van der Waals surface area (Å²) < 4.78 is 34.8. The molecular formula is C24H34N2O5S. The third-order valence-corrected chi connectivity index (χ3v) is 7.91. The molecule has 176 valence electrons. The minimum atomic E-state index is -3.90. The molecule has 7 nitrogen and oxygen atoms in total. The molecule has 1 aromatic carbocycles. The van der Waals surface area contributed by atoms with Gasteiger partial charge < -0.3 is 9.30 Å². The van der Waals surface area contributed by atoms with Crippen LogP contribution in [0.15, 0.2) is 29.2 Å². The molecule has 0 unspecified atom stereocenters. The van der Waals surface area contributed by atoms with Gasteiger partial charge in [0.25, 0.3) is 0 Å². The average Bonchev–Trinajstić information content (AvgIpc) is 2.95. The summed E-state index contributed by atoms with van der Waals surface area (Å²) >= 11 is 0. The molecule has 0 bridgehead atoms. The van der Waals surface area contributed by atoms with Gasteiger partial charge in [0.1, 0.15) is 5.69 Å². The lowest BCUT2D eigenvalue weighted by Crippen LogP contribution is -2.44. The molecule has 1 heterocycles. The molecule has 1 aromatic heterocycles. The summed E-state index contributed by atoms with van der Waals surface area (Å²) in [5, 5.41) is 0. The molecule has 0 radical (unpaired) electrons. The predicted octanol–water partition coefficient (Wildman–Crippen LogP) is 4.05. The zero-order chi connectivity index (χ0) is 24.4. The SMILES string of the molecule is COC(=O)c1c(C)c(C(=O)[C@@H](C)N(CCC(C)C)S(=O)(=O)c2ccc(C)cc2)c(C)n1C. The van der Waals surface area contributed by atoms with Gasteiger partial charge in [-0.05, 0) is 57.7 Å². The molecule has 8 heteroatoms. The Bertz CT molecular complexity index is 1100. The van der Waals surface area contributed by atoms with Crippen LogP contribution in [0.25, 0.3) is 0 Å². The number of hydrogen-bond acceptors (Lipinski definition) is 5. The highest BCUT2D eigenvalue weighted by Crippen LogP contribution is 2.27. The van der Waals surface area contributed by atoms with Crippen molar-refractivity contribution in [1.29, 1.82) is 0 Å². The van der Waals surface area contributed by atoms with Crippen LogP contribution in [0.5, 0.6) is 0 Å². The summed E-state index contributed by atoms with van der Waals surface area (Å²) in [6, 6.07) is 5.68. The molecule has 1 atom stereocenters. The Balaban J connectivity index is 2.55. The molecule has 0 saturated heterocycles. The second-order valence-electron chi connectivity index (χ2n) is 8.64. The summed E-state index contributed by atoms with van der Waals surface area (Å²) in [6.45, 7) is 11.2. The number of ketones is 1. The zero-order valence-electron chi connectivity index (χ0n) is 20.2. The first-order valence-electron chi connectivity index (χ1n) is 10.7. The number of sulfonamides is 1. The van der Waals surface area contributed by atoms with Gasteiger partial charge in [0, 0.05) is 24.8 Å². The summed E-state index contributed by atoms with van der Waals surface area (Å²) in [5.74, 6) is -0.618. The lowest BCUT2D eigenvalue weighted by Gasteiger charge is -2.28. The average molecular weight is 463 g/mol. The molecule has 0 N–H and O–H groups in total. The quantitative estimate of drug-likeness (QED) is 0.415. The summed E-state index contributed by atoms with van der Waals surface area (Å²) in [5.41, 5.74) is 2.68. The smallest absolute Gasteiger partial charge is 0.354 e. The number of Topliss-reactive ketones (excluding diaryl/α,β-unsaturated/α-hetero) is 1. The van der Waals surface area contributed by atoms with E-state index in [1.807, 2.05) is 20.8 Å². The van der Waals surface area contributed by atoms with E-state index in [-0.39, 0.29) is 28.8 Å². The van der Waals surface area contributed by atoms with E-state index < -0.39 is 22.0 Å². The number of benzene rings is 1. The standard InChI is InChI=1S/C24H34N2O5S/c1-15(2)13-14-26(32(29,30)20-11-9-16(3)10-12-20)19(6)23(27)21-17(4)22(24(28)31-8)25(7)18(21)5/h9-12,15,19H,13-14H2,1-8H3/t19-/m1/s1. The predicted molar refractivity (Wildman–Crippen MR) is 125 cm³/mol. The van der Waals surface area contributed by atoms with Gasteiger partial charge in [-0.15, -0.1) is 0 Å². The van der Waals surface area contributed by atoms with E-state index in [1.165, 1.54) is 11.4 Å². The molecule has 0 saturated carbocycles. The van der Waals surface area contributed by atoms with Crippen LogP contribution >= 0.6 is 0 Å². The second-order valence-corrected chi connectivity index (χ2v) is 10.5. The fourth-order valence-corrected chi connectivity index (χ4v) is 5.43. The largest absolute Gasteiger partial charge is 0.464 e. The van der Waals surface area contributed by atoms with Crippen LogP contribution in [0.4, 0.5) is 0 Å².